The van der Waals surface area contributed by atoms with E-state index in [0.29, 0.717) is 5.56 Å². The molecule has 0 aromatic heterocycles. The highest BCUT2D eigenvalue weighted by molar-refractivity contribution is 9.10. The van der Waals surface area contributed by atoms with Crippen molar-refractivity contribution in [3.05, 3.63) is 99.0 Å². The highest BCUT2D eigenvalue weighted by Gasteiger charge is 2.47. The van der Waals surface area contributed by atoms with E-state index in [1.807, 2.05) is 0 Å². The second-order valence-corrected chi connectivity index (χ2v) is 8.53. The summed E-state index contributed by atoms with van der Waals surface area (Å²) in [7, 11) is 0. The third-order valence-corrected chi connectivity index (χ3v) is 6.05. The van der Waals surface area contributed by atoms with E-state index in [2.05, 4.69) is 15.9 Å². The Balaban J connectivity index is 1.96. The van der Waals surface area contributed by atoms with E-state index in [4.69, 9.17) is 0 Å². The van der Waals surface area contributed by atoms with Gasteiger partial charge in [0.1, 0.15) is 17.1 Å². The molecule has 1 aliphatic heterocycles. The van der Waals surface area contributed by atoms with E-state index >= 15 is 0 Å². The quantitative estimate of drug-likeness (QED) is 0.215. The third-order valence-electron chi connectivity index (χ3n) is 5.52. The first-order chi connectivity index (χ1) is 16.6. The smallest absolute Gasteiger partial charge is 0.339 e. The zero-order valence-electron chi connectivity index (χ0n) is 17.7. The van der Waals surface area contributed by atoms with Crippen molar-refractivity contribution in [3.63, 3.8) is 0 Å². The van der Waals surface area contributed by atoms with Crippen LogP contribution in [0.2, 0.25) is 0 Å². The van der Waals surface area contributed by atoms with Gasteiger partial charge in [-0.05, 0) is 48.0 Å². The van der Waals surface area contributed by atoms with E-state index in [-0.39, 0.29) is 22.4 Å². The fraction of sp³-hybridized carbons (Fsp3) is 0.0400. The molecule has 10 heteroatoms. The molecule has 4 rings (SSSR count). The number of rotatable bonds is 5. The minimum atomic E-state index is -1.45. The van der Waals surface area contributed by atoms with Crippen LogP contribution in [0.1, 0.15) is 37.9 Å². The summed E-state index contributed by atoms with van der Waals surface area (Å²) in [6.45, 7) is 0. The Morgan fingerprint density at radius 2 is 1.40 bits per heavy atom. The number of halogens is 1. The number of hydrogen-bond acceptors (Lipinski definition) is 6. The number of aliphatic hydroxyl groups is 1. The van der Waals surface area contributed by atoms with Crippen LogP contribution >= 0.6 is 15.9 Å². The average molecular weight is 538 g/mol. The molecule has 4 N–H and O–H groups in total. The van der Waals surface area contributed by atoms with Gasteiger partial charge in [-0.3, -0.25) is 14.5 Å². The van der Waals surface area contributed by atoms with Crippen molar-refractivity contribution < 1.29 is 39.6 Å². The summed E-state index contributed by atoms with van der Waals surface area (Å²) in [6.07, 6.45) is 0. The number of carboxylic acids is 2. The zero-order valence-corrected chi connectivity index (χ0v) is 19.3. The maximum Gasteiger partial charge on any atom is 0.339 e. The van der Waals surface area contributed by atoms with Gasteiger partial charge in [0, 0.05) is 15.7 Å². The predicted octanol–water partition coefficient (Wildman–Crippen LogP) is 4.18. The molecule has 35 heavy (non-hydrogen) atoms. The van der Waals surface area contributed by atoms with E-state index in [1.165, 1.54) is 30.3 Å². The van der Waals surface area contributed by atoms with E-state index in [0.717, 1.165) is 21.5 Å². The van der Waals surface area contributed by atoms with Gasteiger partial charge < -0.3 is 20.4 Å². The van der Waals surface area contributed by atoms with Gasteiger partial charge in [0.25, 0.3) is 11.7 Å². The molecule has 1 heterocycles. The van der Waals surface area contributed by atoms with Crippen LogP contribution < -0.4 is 4.90 Å². The van der Waals surface area contributed by atoms with E-state index < -0.39 is 46.7 Å². The molecular weight excluding hydrogens is 522 g/mol. The zero-order chi connectivity index (χ0) is 25.4. The van der Waals surface area contributed by atoms with Gasteiger partial charge in [0.05, 0.1) is 17.2 Å². The standard InChI is InChI=1S/C25H16BrNO8/c26-15-7-5-13(6-8-15)21(29)19-20(12-1-3-14(4-2-12)24(32)33)27(23(31)22(19)30)16-9-10-18(28)17(11-16)25(34)35/h1-11,20,28-29H,(H,32,33)(H,34,35)/b21-19+. The fourth-order valence-electron chi connectivity index (χ4n) is 3.83. The van der Waals surface area contributed by atoms with Gasteiger partial charge in [-0.25, -0.2) is 9.59 Å². The third kappa shape index (κ3) is 4.26. The van der Waals surface area contributed by atoms with Crippen molar-refractivity contribution in [1.29, 1.82) is 0 Å². The first kappa shape index (κ1) is 23.7. The minimum absolute atomic E-state index is 0.00975. The van der Waals surface area contributed by atoms with Crippen LogP contribution in [0.3, 0.4) is 0 Å². The lowest BCUT2D eigenvalue weighted by Gasteiger charge is -2.26. The molecule has 9 nitrogen and oxygen atoms in total. The van der Waals surface area contributed by atoms with Crippen molar-refractivity contribution in [2.24, 2.45) is 0 Å². The molecule has 0 aliphatic carbocycles. The second kappa shape index (κ2) is 9.07. The molecule has 0 saturated carbocycles. The van der Waals surface area contributed by atoms with Crippen LogP contribution in [-0.4, -0.2) is 44.1 Å². The van der Waals surface area contributed by atoms with Gasteiger partial charge in [0.15, 0.2) is 0 Å². The van der Waals surface area contributed by atoms with Crippen LogP contribution in [0.25, 0.3) is 5.76 Å². The number of phenols is 1. The lowest BCUT2D eigenvalue weighted by Crippen LogP contribution is -2.29. The SMILES string of the molecule is O=C1C(=O)N(c2ccc(O)c(C(=O)O)c2)C(c2ccc(C(=O)O)cc2)/C1=C(\O)c1ccc(Br)cc1. The number of Topliss-reactive ketones (excluding diaryl/α,β-unsaturated/α-hetero) is 1. The molecule has 176 valence electrons. The van der Waals surface area contributed by atoms with Crippen LogP contribution in [0.4, 0.5) is 5.69 Å². The van der Waals surface area contributed by atoms with Gasteiger partial charge in [-0.1, -0.05) is 40.2 Å². The lowest BCUT2D eigenvalue weighted by molar-refractivity contribution is -0.132. The molecule has 1 fully saturated rings. The van der Waals surface area contributed by atoms with Crippen LogP contribution in [0, 0.1) is 0 Å². The van der Waals surface area contributed by atoms with Crippen LogP contribution in [-0.2, 0) is 9.59 Å². The molecular formula is C25H16BrNO8. The number of nitrogens with zero attached hydrogens (tertiary/aromatic N) is 1. The molecule has 1 saturated heterocycles. The fourth-order valence-corrected chi connectivity index (χ4v) is 4.09. The molecule has 0 bridgehead atoms. The Hall–Kier alpha value is -4.44. The number of aromatic carboxylic acids is 2. The summed E-state index contributed by atoms with van der Waals surface area (Å²) in [5.74, 6) is -5.65. The summed E-state index contributed by atoms with van der Waals surface area (Å²) in [5.41, 5.74) is -0.225. The second-order valence-electron chi connectivity index (χ2n) is 7.61. The molecule has 1 amide bonds. The maximum absolute atomic E-state index is 13.2. The van der Waals surface area contributed by atoms with Crippen molar-refractivity contribution in [2.45, 2.75) is 6.04 Å². The number of aliphatic hydroxyl groups excluding tert-OH is 1. The van der Waals surface area contributed by atoms with Crippen LogP contribution in [0.5, 0.6) is 5.75 Å². The molecule has 3 aromatic carbocycles. The lowest BCUT2D eigenvalue weighted by atomic mass is 9.94. The molecule has 1 atom stereocenters. The maximum atomic E-state index is 13.2. The number of ketones is 1. The van der Waals surface area contributed by atoms with Crippen molar-refractivity contribution >= 4 is 51.0 Å². The minimum Gasteiger partial charge on any atom is -0.507 e. The molecule has 3 aromatic rings. The van der Waals surface area contributed by atoms with Gasteiger partial charge in [-0.15, -0.1) is 0 Å². The van der Waals surface area contributed by atoms with Crippen molar-refractivity contribution in [2.75, 3.05) is 4.90 Å². The number of carbonyl (C=O) groups is 4. The highest BCUT2D eigenvalue weighted by Crippen LogP contribution is 2.43. The molecule has 0 spiro atoms. The number of carboxylic acid groups (broad SMARTS) is 2. The summed E-state index contributed by atoms with van der Waals surface area (Å²) >= 11 is 3.29. The van der Waals surface area contributed by atoms with Gasteiger partial charge in [0.2, 0.25) is 0 Å². The Bertz CT molecular complexity index is 1410. The molecule has 0 radical (unpaired) electrons. The number of anilines is 1. The Morgan fingerprint density at radius 1 is 0.800 bits per heavy atom. The Morgan fingerprint density at radius 3 is 1.97 bits per heavy atom. The number of hydrogen-bond donors (Lipinski definition) is 4. The first-order valence-corrected chi connectivity index (χ1v) is 10.9. The number of aromatic hydroxyl groups is 1. The summed E-state index contributed by atoms with van der Waals surface area (Å²) in [4.78, 5) is 50.1. The first-order valence-electron chi connectivity index (χ1n) is 10.1. The van der Waals surface area contributed by atoms with E-state index in [9.17, 15) is 39.6 Å². The predicted molar refractivity (Wildman–Crippen MR) is 127 cm³/mol. The molecule has 1 unspecified atom stereocenters. The van der Waals surface area contributed by atoms with Crippen molar-refractivity contribution in [3.8, 4) is 5.75 Å². The topological polar surface area (TPSA) is 152 Å². The largest absolute Gasteiger partial charge is 0.507 e. The summed E-state index contributed by atoms with van der Waals surface area (Å²) in [6, 6.07) is 13.9. The van der Waals surface area contributed by atoms with Gasteiger partial charge >= 0.3 is 11.9 Å². The summed E-state index contributed by atoms with van der Waals surface area (Å²) < 4.78 is 0.723. The van der Waals surface area contributed by atoms with Crippen LogP contribution in [0.15, 0.2) is 76.8 Å². The number of benzene rings is 3. The summed E-state index contributed by atoms with van der Waals surface area (Å²) in [5, 5.41) is 39.6. The monoisotopic (exact) mass is 537 g/mol. The highest BCUT2D eigenvalue weighted by atomic mass is 79.9. The Labute approximate surface area is 206 Å². The molecule has 1 aliphatic rings. The average Bonchev–Trinajstić information content (AvgIpc) is 3.09. The Kier molecular flexibility index (Phi) is 6.14. The van der Waals surface area contributed by atoms with E-state index in [1.54, 1.807) is 24.3 Å². The normalized spacial score (nSPS) is 16.9. The van der Waals surface area contributed by atoms with Gasteiger partial charge in [-0.2, -0.15) is 0 Å². The number of carbonyl (C=O) groups excluding carboxylic acids is 2. The van der Waals surface area contributed by atoms with Crippen molar-refractivity contribution in [1.82, 2.24) is 0 Å². The number of amides is 1.